The first-order valence-electron chi connectivity index (χ1n) is 6.41. The molecule has 0 spiro atoms. The minimum absolute atomic E-state index is 0.0981. The van der Waals surface area contributed by atoms with Gasteiger partial charge in [-0.05, 0) is 17.0 Å². The van der Waals surface area contributed by atoms with Crippen LogP contribution in [0.1, 0.15) is 36.7 Å². The Bertz CT molecular complexity index is 424. The van der Waals surface area contributed by atoms with E-state index in [0.717, 1.165) is 5.56 Å². The highest BCUT2D eigenvalue weighted by Crippen LogP contribution is 2.25. The normalized spacial score (nSPS) is 13.1. The molecule has 1 atom stereocenters. The molecular weight excluding hydrogens is 242 g/mol. The summed E-state index contributed by atoms with van der Waals surface area (Å²) in [6.07, 6.45) is -0.684. The molecular formula is C15H23NO3. The monoisotopic (exact) mass is 265 g/mol. The van der Waals surface area contributed by atoms with Gasteiger partial charge in [-0.3, -0.25) is 4.79 Å². The molecule has 0 aliphatic rings. The minimum Gasteiger partial charge on any atom is -0.389 e. The lowest BCUT2D eigenvalue weighted by Crippen LogP contribution is -2.35. The first-order valence-corrected chi connectivity index (χ1v) is 6.41. The predicted octanol–water partition coefficient (Wildman–Crippen LogP) is 1.72. The average Bonchev–Trinajstić information content (AvgIpc) is 2.35. The number of aliphatic hydroxyl groups excluding tert-OH is 1. The Balaban J connectivity index is 2.78. The van der Waals surface area contributed by atoms with E-state index in [1.807, 2.05) is 18.2 Å². The fraction of sp³-hybridized carbons (Fsp3) is 0.533. The second-order valence-electron chi connectivity index (χ2n) is 5.61. The van der Waals surface area contributed by atoms with E-state index in [2.05, 4.69) is 26.1 Å². The van der Waals surface area contributed by atoms with Crippen molar-refractivity contribution >= 4 is 5.91 Å². The van der Waals surface area contributed by atoms with Crippen LogP contribution in [0.25, 0.3) is 0 Å². The van der Waals surface area contributed by atoms with E-state index in [0.29, 0.717) is 5.56 Å². The fourth-order valence-electron chi connectivity index (χ4n) is 1.89. The molecule has 4 heteroatoms. The molecule has 1 aromatic carbocycles. The van der Waals surface area contributed by atoms with Gasteiger partial charge in [0.15, 0.2) is 0 Å². The van der Waals surface area contributed by atoms with Crippen LogP contribution in [-0.2, 0) is 10.2 Å². The fourth-order valence-corrected chi connectivity index (χ4v) is 1.89. The molecule has 0 saturated heterocycles. The number of hydrogen-bond donors (Lipinski definition) is 2. The number of aliphatic hydroxyl groups is 1. The van der Waals surface area contributed by atoms with Crippen LogP contribution in [0.5, 0.6) is 0 Å². The molecule has 1 amide bonds. The molecule has 0 aliphatic carbocycles. The summed E-state index contributed by atoms with van der Waals surface area (Å²) in [5.74, 6) is -0.166. The zero-order valence-corrected chi connectivity index (χ0v) is 12.1. The van der Waals surface area contributed by atoms with E-state index in [-0.39, 0.29) is 24.5 Å². The van der Waals surface area contributed by atoms with Crippen molar-refractivity contribution in [1.82, 2.24) is 5.32 Å². The number of carbonyl (C=O) groups excluding carboxylic acids is 1. The molecule has 1 aromatic rings. The first-order chi connectivity index (χ1) is 8.86. The van der Waals surface area contributed by atoms with Gasteiger partial charge in [-0.1, -0.05) is 39.0 Å². The standard InChI is InChI=1S/C15H23NO3/c1-15(2,3)13-8-6-5-7-12(13)14(18)16-9-11(17)10-19-4/h5-8,11,17H,9-10H2,1-4H3,(H,16,18). The molecule has 4 nitrogen and oxygen atoms in total. The number of rotatable bonds is 5. The van der Waals surface area contributed by atoms with Gasteiger partial charge in [0, 0.05) is 19.2 Å². The highest BCUT2D eigenvalue weighted by atomic mass is 16.5. The van der Waals surface area contributed by atoms with Crippen molar-refractivity contribution in [2.24, 2.45) is 0 Å². The van der Waals surface area contributed by atoms with E-state index in [4.69, 9.17) is 4.74 Å². The van der Waals surface area contributed by atoms with Crippen molar-refractivity contribution < 1.29 is 14.6 Å². The maximum atomic E-state index is 12.2. The van der Waals surface area contributed by atoms with Gasteiger partial charge in [0.05, 0.1) is 12.7 Å². The van der Waals surface area contributed by atoms with Crippen molar-refractivity contribution in [3.63, 3.8) is 0 Å². The number of methoxy groups -OCH3 is 1. The quantitative estimate of drug-likeness (QED) is 0.852. The summed E-state index contributed by atoms with van der Waals surface area (Å²) in [7, 11) is 1.51. The molecule has 0 bridgehead atoms. The molecule has 0 heterocycles. The first kappa shape index (κ1) is 15.7. The molecule has 0 fully saturated rings. The van der Waals surface area contributed by atoms with Crippen LogP contribution in [0.3, 0.4) is 0 Å². The Kier molecular flexibility index (Phi) is 5.51. The summed E-state index contributed by atoms with van der Waals surface area (Å²) < 4.78 is 4.82. The Morgan fingerprint density at radius 2 is 2.00 bits per heavy atom. The lowest BCUT2D eigenvalue weighted by molar-refractivity contribution is 0.0609. The van der Waals surface area contributed by atoms with E-state index in [1.165, 1.54) is 7.11 Å². The number of nitrogens with one attached hydrogen (secondary N) is 1. The molecule has 1 unspecified atom stereocenters. The van der Waals surface area contributed by atoms with E-state index < -0.39 is 6.10 Å². The van der Waals surface area contributed by atoms with Crippen LogP contribution in [0.15, 0.2) is 24.3 Å². The summed E-state index contributed by atoms with van der Waals surface area (Å²) in [4.78, 5) is 12.2. The van der Waals surface area contributed by atoms with E-state index >= 15 is 0 Å². The van der Waals surface area contributed by atoms with Crippen LogP contribution < -0.4 is 5.32 Å². The summed E-state index contributed by atoms with van der Waals surface area (Å²) >= 11 is 0. The van der Waals surface area contributed by atoms with Crippen LogP contribution in [0, 0.1) is 0 Å². The molecule has 0 aliphatic heterocycles. The van der Waals surface area contributed by atoms with Crippen LogP contribution in [0.2, 0.25) is 0 Å². The van der Waals surface area contributed by atoms with Gasteiger partial charge in [-0.2, -0.15) is 0 Å². The summed E-state index contributed by atoms with van der Waals surface area (Å²) in [6, 6.07) is 7.53. The third-order valence-electron chi connectivity index (χ3n) is 2.84. The van der Waals surface area contributed by atoms with E-state index in [1.54, 1.807) is 6.07 Å². The third-order valence-corrected chi connectivity index (χ3v) is 2.84. The molecule has 0 saturated carbocycles. The van der Waals surface area contributed by atoms with Gasteiger partial charge in [0.1, 0.15) is 0 Å². The lowest BCUT2D eigenvalue weighted by Gasteiger charge is -2.22. The number of benzene rings is 1. The maximum absolute atomic E-state index is 12.2. The van der Waals surface area contributed by atoms with Crippen LogP contribution in [0.4, 0.5) is 0 Å². The van der Waals surface area contributed by atoms with Gasteiger partial charge < -0.3 is 15.2 Å². The summed E-state index contributed by atoms with van der Waals surface area (Å²) in [5.41, 5.74) is 1.55. The average molecular weight is 265 g/mol. The number of amides is 1. The Labute approximate surface area is 114 Å². The summed E-state index contributed by atoms with van der Waals surface area (Å²) in [5, 5.41) is 12.3. The van der Waals surface area contributed by atoms with Crippen LogP contribution >= 0.6 is 0 Å². The highest BCUT2D eigenvalue weighted by Gasteiger charge is 2.21. The smallest absolute Gasteiger partial charge is 0.251 e. The highest BCUT2D eigenvalue weighted by molar-refractivity contribution is 5.96. The van der Waals surface area contributed by atoms with Crippen molar-refractivity contribution in [3.05, 3.63) is 35.4 Å². The predicted molar refractivity (Wildman–Crippen MR) is 75.4 cm³/mol. The summed E-state index contributed by atoms with van der Waals surface area (Å²) in [6.45, 7) is 6.60. The topological polar surface area (TPSA) is 58.6 Å². The molecule has 2 N–H and O–H groups in total. The number of ether oxygens (including phenoxy) is 1. The third kappa shape index (κ3) is 4.65. The Morgan fingerprint density at radius 1 is 1.37 bits per heavy atom. The van der Waals surface area contributed by atoms with Crippen molar-refractivity contribution in [3.8, 4) is 0 Å². The SMILES string of the molecule is COCC(O)CNC(=O)c1ccccc1C(C)(C)C. The van der Waals surface area contributed by atoms with Crippen molar-refractivity contribution in [2.75, 3.05) is 20.3 Å². The Morgan fingerprint density at radius 3 is 2.58 bits per heavy atom. The molecule has 0 radical (unpaired) electrons. The largest absolute Gasteiger partial charge is 0.389 e. The second kappa shape index (κ2) is 6.68. The minimum atomic E-state index is -0.684. The van der Waals surface area contributed by atoms with Crippen molar-refractivity contribution in [2.45, 2.75) is 32.3 Å². The van der Waals surface area contributed by atoms with E-state index in [9.17, 15) is 9.90 Å². The number of carbonyl (C=O) groups is 1. The second-order valence-corrected chi connectivity index (χ2v) is 5.61. The molecule has 1 rings (SSSR count). The van der Waals surface area contributed by atoms with Gasteiger partial charge in [0.25, 0.3) is 5.91 Å². The lowest BCUT2D eigenvalue weighted by atomic mass is 9.83. The van der Waals surface area contributed by atoms with Gasteiger partial charge in [-0.25, -0.2) is 0 Å². The zero-order chi connectivity index (χ0) is 14.5. The molecule has 106 valence electrons. The molecule has 0 aromatic heterocycles. The van der Waals surface area contributed by atoms with Gasteiger partial charge in [-0.15, -0.1) is 0 Å². The maximum Gasteiger partial charge on any atom is 0.251 e. The van der Waals surface area contributed by atoms with Crippen LogP contribution in [-0.4, -0.2) is 37.4 Å². The van der Waals surface area contributed by atoms with Gasteiger partial charge in [0.2, 0.25) is 0 Å². The zero-order valence-electron chi connectivity index (χ0n) is 12.1. The van der Waals surface area contributed by atoms with Crippen molar-refractivity contribution in [1.29, 1.82) is 0 Å². The Hall–Kier alpha value is -1.39. The van der Waals surface area contributed by atoms with Gasteiger partial charge >= 0.3 is 0 Å². The molecule has 19 heavy (non-hydrogen) atoms. The number of hydrogen-bond acceptors (Lipinski definition) is 3.